The smallest absolute Gasteiger partial charge is 0.101 e. The monoisotopic (exact) mass is 174 g/mol. The van der Waals surface area contributed by atoms with E-state index in [4.69, 9.17) is 5.73 Å². The van der Waals surface area contributed by atoms with Gasteiger partial charge >= 0.3 is 0 Å². The first-order chi connectivity index (χ1) is 6.18. The number of hydrogen-bond donors (Lipinski definition) is 2. The fourth-order valence-electron chi connectivity index (χ4n) is 1.70. The first-order valence-electron chi connectivity index (χ1n) is 4.55. The van der Waals surface area contributed by atoms with E-state index in [-0.39, 0.29) is 0 Å². The van der Waals surface area contributed by atoms with Gasteiger partial charge in [0.2, 0.25) is 0 Å². The highest BCUT2D eigenvalue weighted by atomic mass is 14.8. The highest BCUT2D eigenvalue weighted by Crippen LogP contribution is 2.26. The van der Waals surface area contributed by atoms with E-state index in [1.807, 2.05) is 6.07 Å². The van der Waals surface area contributed by atoms with E-state index in [2.05, 4.69) is 37.0 Å². The summed E-state index contributed by atoms with van der Waals surface area (Å²) in [5.41, 5.74) is 8.18. The third-order valence-electron chi connectivity index (χ3n) is 2.34. The third-order valence-corrected chi connectivity index (χ3v) is 2.34. The lowest BCUT2D eigenvalue weighted by molar-refractivity contribution is 0.876. The summed E-state index contributed by atoms with van der Waals surface area (Å²) in [6.45, 7) is 4.38. The molecule has 0 spiro atoms. The maximum Gasteiger partial charge on any atom is 0.101 e. The van der Waals surface area contributed by atoms with Crippen molar-refractivity contribution in [1.82, 2.24) is 4.98 Å². The Morgan fingerprint density at radius 2 is 2.08 bits per heavy atom. The Bertz CT molecular complexity index is 427. The highest BCUT2D eigenvalue weighted by Gasteiger charge is 2.06. The number of aromatic amines is 1. The molecule has 0 radical (unpaired) electrons. The number of fused-ring (bicyclic) bond motifs is 1. The number of nitrogens with one attached hydrogen (secondary N) is 1. The van der Waals surface area contributed by atoms with Crippen LogP contribution in [0.4, 0.5) is 5.82 Å². The van der Waals surface area contributed by atoms with Crippen molar-refractivity contribution in [3.8, 4) is 0 Å². The molecule has 1 heterocycles. The van der Waals surface area contributed by atoms with E-state index < -0.39 is 0 Å². The summed E-state index contributed by atoms with van der Waals surface area (Å²) in [5, 5.41) is 1.25. The number of rotatable bonds is 1. The molecule has 1 aromatic carbocycles. The van der Waals surface area contributed by atoms with Crippen molar-refractivity contribution in [2.45, 2.75) is 19.8 Å². The van der Waals surface area contributed by atoms with Crippen LogP contribution in [0.15, 0.2) is 24.3 Å². The van der Waals surface area contributed by atoms with Crippen molar-refractivity contribution in [2.75, 3.05) is 5.73 Å². The summed E-state index contributed by atoms with van der Waals surface area (Å²) in [7, 11) is 0. The van der Waals surface area contributed by atoms with Crippen molar-refractivity contribution in [1.29, 1.82) is 0 Å². The number of H-pyrrole nitrogens is 1. The van der Waals surface area contributed by atoms with Gasteiger partial charge in [-0.25, -0.2) is 0 Å². The first kappa shape index (κ1) is 8.17. The number of hydrogen-bond acceptors (Lipinski definition) is 1. The second-order valence-corrected chi connectivity index (χ2v) is 3.69. The van der Waals surface area contributed by atoms with Crippen LogP contribution in [0.3, 0.4) is 0 Å². The van der Waals surface area contributed by atoms with Gasteiger partial charge in [-0.05, 0) is 23.6 Å². The number of benzene rings is 1. The second-order valence-electron chi connectivity index (χ2n) is 3.69. The Kier molecular flexibility index (Phi) is 1.76. The molecule has 0 atom stereocenters. The Balaban J connectivity index is 2.75. The van der Waals surface area contributed by atoms with E-state index in [9.17, 15) is 0 Å². The van der Waals surface area contributed by atoms with Crippen LogP contribution in [0.5, 0.6) is 0 Å². The van der Waals surface area contributed by atoms with Crippen molar-refractivity contribution >= 4 is 16.7 Å². The fourth-order valence-corrected chi connectivity index (χ4v) is 1.70. The minimum Gasteiger partial charge on any atom is -0.385 e. The Morgan fingerprint density at radius 1 is 1.31 bits per heavy atom. The van der Waals surface area contributed by atoms with E-state index in [0.717, 1.165) is 11.3 Å². The number of aromatic nitrogens is 1. The van der Waals surface area contributed by atoms with E-state index in [0.29, 0.717) is 5.92 Å². The molecule has 0 aliphatic carbocycles. The van der Waals surface area contributed by atoms with Gasteiger partial charge in [-0.1, -0.05) is 26.0 Å². The summed E-state index contributed by atoms with van der Waals surface area (Å²) >= 11 is 0. The average molecular weight is 174 g/mol. The summed E-state index contributed by atoms with van der Waals surface area (Å²) in [6, 6.07) is 8.27. The standard InChI is InChI=1S/C11H14N2/c1-7(2)8-4-3-5-10-9(8)6-11(12)13-10/h3-7,13H,12H2,1-2H3. The lowest BCUT2D eigenvalue weighted by Crippen LogP contribution is -1.86. The van der Waals surface area contributed by atoms with Gasteiger partial charge in [-0.3, -0.25) is 0 Å². The molecule has 2 aromatic rings. The molecule has 0 saturated heterocycles. The van der Waals surface area contributed by atoms with Gasteiger partial charge in [0, 0.05) is 10.9 Å². The van der Waals surface area contributed by atoms with Gasteiger partial charge in [0.05, 0.1) is 0 Å². The van der Waals surface area contributed by atoms with Crippen LogP contribution in [0.1, 0.15) is 25.3 Å². The Morgan fingerprint density at radius 3 is 2.77 bits per heavy atom. The molecule has 13 heavy (non-hydrogen) atoms. The first-order valence-corrected chi connectivity index (χ1v) is 4.55. The zero-order chi connectivity index (χ0) is 9.42. The van der Waals surface area contributed by atoms with Gasteiger partial charge < -0.3 is 10.7 Å². The number of anilines is 1. The summed E-state index contributed by atoms with van der Waals surface area (Å²) in [6.07, 6.45) is 0. The molecule has 3 N–H and O–H groups in total. The third kappa shape index (κ3) is 1.28. The molecule has 0 aliphatic heterocycles. The van der Waals surface area contributed by atoms with Crippen LogP contribution in [0.25, 0.3) is 10.9 Å². The lowest BCUT2D eigenvalue weighted by atomic mass is 9.99. The summed E-state index contributed by atoms with van der Waals surface area (Å²) in [5.74, 6) is 1.28. The van der Waals surface area contributed by atoms with Crippen LogP contribution >= 0.6 is 0 Å². The highest BCUT2D eigenvalue weighted by molar-refractivity contribution is 5.86. The van der Waals surface area contributed by atoms with Crippen LogP contribution < -0.4 is 5.73 Å². The van der Waals surface area contributed by atoms with E-state index in [1.165, 1.54) is 10.9 Å². The second kappa shape index (κ2) is 2.80. The predicted molar refractivity (Wildman–Crippen MR) is 56.8 cm³/mol. The Hall–Kier alpha value is -1.44. The average Bonchev–Trinajstić information content (AvgIpc) is 2.43. The zero-order valence-corrected chi connectivity index (χ0v) is 7.96. The van der Waals surface area contributed by atoms with Crippen LogP contribution in [0, 0.1) is 0 Å². The van der Waals surface area contributed by atoms with Gasteiger partial charge in [0.25, 0.3) is 0 Å². The quantitative estimate of drug-likeness (QED) is 0.685. The van der Waals surface area contributed by atoms with Crippen molar-refractivity contribution in [3.05, 3.63) is 29.8 Å². The molecule has 0 amide bonds. The summed E-state index contributed by atoms with van der Waals surface area (Å²) in [4.78, 5) is 3.13. The van der Waals surface area contributed by atoms with Crippen molar-refractivity contribution < 1.29 is 0 Å². The van der Waals surface area contributed by atoms with Gasteiger partial charge in [-0.2, -0.15) is 0 Å². The molecule has 0 saturated carbocycles. The van der Waals surface area contributed by atoms with E-state index in [1.54, 1.807) is 0 Å². The van der Waals surface area contributed by atoms with Gasteiger partial charge in [0.1, 0.15) is 5.82 Å². The van der Waals surface area contributed by atoms with Gasteiger partial charge in [0.15, 0.2) is 0 Å². The maximum absolute atomic E-state index is 5.70. The minimum absolute atomic E-state index is 0.541. The van der Waals surface area contributed by atoms with Crippen LogP contribution in [-0.2, 0) is 0 Å². The van der Waals surface area contributed by atoms with Crippen molar-refractivity contribution in [2.24, 2.45) is 0 Å². The van der Waals surface area contributed by atoms with Crippen LogP contribution in [-0.4, -0.2) is 4.98 Å². The number of nitrogens with two attached hydrogens (primary N) is 1. The topological polar surface area (TPSA) is 41.8 Å². The molecule has 0 bridgehead atoms. The molecule has 0 fully saturated rings. The Labute approximate surface area is 77.8 Å². The minimum atomic E-state index is 0.541. The molecule has 0 unspecified atom stereocenters. The molecule has 2 rings (SSSR count). The fraction of sp³-hybridized carbons (Fsp3) is 0.273. The normalized spacial score (nSPS) is 11.3. The molecule has 2 nitrogen and oxygen atoms in total. The van der Waals surface area contributed by atoms with Gasteiger partial charge in [-0.15, -0.1) is 0 Å². The SMILES string of the molecule is CC(C)c1cccc2[nH]c(N)cc12. The predicted octanol–water partition coefficient (Wildman–Crippen LogP) is 2.87. The zero-order valence-electron chi connectivity index (χ0n) is 7.96. The molecule has 68 valence electrons. The molecule has 1 aromatic heterocycles. The van der Waals surface area contributed by atoms with Crippen molar-refractivity contribution in [3.63, 3.8) is 0 Å². The van der Waals surface area contributed by atoms with Crippen LogP contribution in [0.2, 0.25) is 0 Å². The molecule has 0 aliphatic rings. The van der Waals surface area contributed by atoms with E-state index >= 15 is 0 Å². The molecular formula is C11H14N2. The largest absolute Gasteiger partial charge is 0.385 e. The lowest BCUT2D eigenvalue weighted by Gasteiger charge is -2.05. The maximum atomic E-state index is 5.70. The summed E-state index contributed by atoms with van der Waals surface area (Å²) < 4.78 is 0. The molecule has 2 heteroatoms. The number of nitrogen functional groups attached to an aromatic ring is 1. The molecular weight excluding hydrogens is 160 g/mol.